The second-order valence-electron chi connectivity index (χ2n) is 5.86. The van der Waals surface area contributed by atoms with Gasteiger partial charge in [0.15, 0.2) is 11.2 Å². The van der Waals surface area contributed by atoms with E-state index in [1.165, 1.54) is 11.6 Å². The summed E-state index contributed by atoms with van der Waals surface area (Å²) in [5.74, 6) is 0.221. The third-order valence-corrected chi connectivity index (χ3v) is 4.21. The molecule has 0 aliphatic heterocycles. The molecule has 0 atom stereocenters. The highest BCUT2D eigenvalue weighted by Crippen LogP contribution is 2.18. The minimum absolute atomic E-state index is 0.221. The Morgan fingerprint density at radius 1 is 1.13 bits per heavy atom. The van der Waals surface area contributed by atoms with Crippen molar-refractivity contribution in [1.82, 2.24) is 18.7 Å². The molecule has 1 aromatic carbocycles. The van der Waals surface area contributed by atoms with Crippen molar-refractivity contribution in [2.75, 3.05) is 5.73 Å². The number of imidazole rings is 1. The van der Waals surface area contributed by atoms with Gasteiger partial charge in [-0.25, -0.2) is 4.79 Å². The number of nitrogen functional groups attached to an aromatic ring is 1. The highest BCUT2D eigenvalue weighted by molar-refractivity contribution is 5.73. The van der Waals surface area contributed by atoms with Crippen LogP contribution in [0.1, 0.15) is 16.7 Å². The van der Waals surface area contributed by atoms with E-state index in [9.17, 15) is 9.59 Å². The van der Waals surface area contributed by atoms with E-state index in [2.05, 4.69) is 11.1 Å². The summed E-state index contributed by atoms with van der Waals surface area (Å²) in [6, 6.07) is 6.14. The fourth-order valence-corrected chi connectivity index (χ4v) is 2.76. The van der Waals surface area contributed by atoms with Crippen LogP contribution >= 0.6 is 0 Å². The van der Waals surface area contributed by atoms with E-state index in [1.807, 2.05) is 26.0 Å². The number of nitrogens with two attached hydrogens (primary N) is 1. The third-order valence-electron chi connectivity index (χ3n) is 4.21. The van der Waals surface area contributed by atoms with E-state index in [0.29, 0.717) is 17.7 Å². The molecule has 7 heteroatoms. The molecule has 7 nitrogen and oxygen atoms in total. The smallest absolute Gasteiger partial charge is 0.332 e. The van der Waals surface area contributed by atoms with Crippen LogP contribution in [0, 0.1) is 13.8 Å². The van der Waals surface area contributed by atoms with Crippen molar-refractivity contribution < 1.29 is 0 Å². The molecule has 0 fully saturated rings. The minimum atomic E-state index is -0.418. The zero-order valence-electron chi connectivity index (χ0n) is 13.6. The third kappa shape index (κ3) is 2.25. The lowest BCUT2D eigenvalue weighted by Crippen LogP contribution is -2.37. The standard InChI is InChI=1S/C16H19N5O2/c1-9-5-6-10(2)11(7-9)8-21-12-13(18-15(21)17)19(3)16(23)20(4)14(12)22/h5-7H,8H2,1-4H3,(H2,17,18). The first-order valence-corrected chi connectivity index (χ1v) is 7.29. The molecule has 0 amide bonds. The van der Waals surface area contributed by atoms with Crippen molar-refractivity contribution in [2.24, 2.45) is 14.1 Å². The zero-order chi connectivity index (χ0) is 16.9. The van der Waals surface area contributed by atoms with Crippen molar-refractivity contribution in [3.05, 3.63) is 55.7 Å². The molecule has 2 heterocycles. The molecule has 0 unspecified atom stereocenters. The number of rotatable bonds is 2. The first-order chi connectivity index (χ1) is 10.8. The maximum Gasteiger partial charge on any atom is 0.332 e. The Morgan fingerprint density at radius 2 is 1.83 bits per heavy atom. The van der Waals surface area contributed by atoms with E-state index >= 15 is 0 Å². The number of hydrogen-bond donors (Lipinski definition) is 1. The maximum absolute atomic E-state index is 12.5. The molecule has 2 aromatic heterocycles. The summed E-state index contributed by atoms with van der Waals surface area (Å²) in [5, 5.41) is 0. The highest BCUT2D eigenvalue weighted by Gasteiger charge is 2.18. The molecule has 120 valence electrons. The van der Waals surface area contributed by atoms with E-state index in [4.69, 9.17) is 5.73 Å². The van der Waals surface area contributed by atoms with Crippen LogP contribution in [0.5, 0.6) is 0 Å². The van der Waals surface area contributed by atoms with Crippen LogP contribution in [0.25, 0.3) is 11.2 Å². The van der Waals surface area contributed by atoms with Crippen LogP contribution in [0.2, 0.25) is 0 Å². The number of hydrogen-bond acceptors (Lipinski definition) is 4. The Bertz CT molecular complexity index is 1040. The number of benzene rings is 1. The lowest BCUT2D eigenvalue weighted by Gasteiger charge is -2.11. The maximum atomic E-state index is 12.5. The van der Waals surface area contributed by atoms with Gasteiger partial charge in [-0.3, -0.25) is 13.9 Å². The number of aromatic nitrogens is 4. The topological polar surface area (TPSA) is 87.8 Å². The first-order valence-electron chi connectivity index (χ1n) is 7.29. The van der Waals surface area contributed by atoms with Gasteiger partial charge in [-0.2, -0.15) is 4.98 Å². The van der Waals surface area contributed by atoms with Crippen molar-refractivity contribution in [3.8, 4) is 0 Å². The van der Waals surface area contributed by atoms with Crippen LogP contribution in [0.4, 0.5) is 5.95 Å². The molecule has 0 saturated carbocycles. The molecule has 3 rings (SSSR count). The SMILES string of the molecule is Cc1ccc(C)c(Cn2c(N)nc3c2c(=O)n(C)c(=O)n3C)c1. The lowest BCUT2D eigenvalue weighted by molar-refractivity contribution is 0.702. The Kier molecular flexibility index (Phi) is 3.35. The molecule has 23 heavy (non-hydrogen) atoms. The van der Waals surface area contributed by atoms with Gasteiger partial charge in [0.2, 0.25) is 5.95 Å². The molecular weight excluding hydrogens is 294 g/mol. The molecule has 0 bridgehead atoms. The van der Waals surface area contributed by atoms with Crippen molar-refractivity contribution in [2.45, 2.75) is 20.4 Å². The normalized spacial score (nSPS) is 11.3. The van der Waals surface area contributed by atoms with E-state index in [0.717, 1.165) is 21.3 Å². The summed E-state index contributed by atoms with van der Waals surface area (Å²) in [6.07, 6.45) is 0. The van der Waals surface area contributed by atoms with E-state index < -0.39 is 11.2 Å². The van der Waals surface area contributed by atoms with Gasteiger partial charge in [0.1, 0.15) is 0 Å². The molecule has 0 spiro atoms. The van der Waals surface area contributed by atoms with Gasteiger partial charge < -0.3 is 10.3 Å². The molecule has 2 N–H and O–H groups in total. The van der Waals surface area contributed by atoms with Crippen LogP contribution in [0.3, 0.4) is 0 Å². The van der Waals surface area contributed by atoms with Crippen LogP contribution in [-0.4, -0.2) is 18.7 Å². The fourth-order valence-electron chi connectivity index (χ4n) is 2.76. The van der Waals surface area contributed by atoms with Gasteiger partial charge in [-0.1, -0.05) is 23.8 Å². The van der Waals surface area contributed by atoms with Crippen LogP contribution in [0.15, 0.2) is 27.8 Å². The number of nitrogens with zero attached hydrogens (tertiary/aromatic N) is 4. The van der Waals surface area contributed by atoms with E-state index in [-0.39, 0.29) is 5.95 Å². The minimum Gasteiger partial charge on any atom is -0.369 e. The van der Waals surface area contributed by atoms with Gasteiger partial charge in [-0.15, -0.1) is 0 Å². The Balaban J connectivity index is 2.31. The van der Waals surface area contributed by atoms with Crippen LogP contribution in [-0.2, 0) is 20.6 Å². The number of anilines is 1. The fraction of sp³-hybridized carbons (Fsp3) is 0.312. The summed E-state index contributed by atoms with van der Waals surface area (Å²) in [7, 11) is 3.04. The molecule has 0 aliphatic rings. The number of aryl methyl sites for hydroxylation is 3. The summed E-state index contributed by atoms with van der Waals surface area (Å²) in [4.78, 5) is 28.7. The molecule has 3 aromatic rings. The highest BCUT2D eigenvalue weighted by atomic mass is 16.2. The van der Waals surface area contributed by atoms with Crippen molar-refractivity contribution in [3.63, 3.8) is 0 Å². The van der Waals surface area contributed by atoms with Gasteiger partial charge in [0.25, 0.3) is 5.56 Å². The van der Waals surface area contributed by atoms with Crippen molar-refractivity contribution >= 4 is 17.1 Å². The summed E-state index contributed by atoms with van der Waals surface area (Å²) in [6.45, 7) is 4.46. The second-order valence-corrected chi connectivity index (χ2v) is 5.86. The van der Waals surface area contributed by atoms with Crippen molar-refractivity contribution in [1.29, 1.82) is 0 Å². The average Bonchev–Trinajstić information content (AvgIpc) is 2.84. The van der Waals surface area contributed by atoms with E-state index in [1.54, 1.807) is 11.6 Å². The second kappa shape index (κ2) is 5.12. The van der Waals surface area contributed by atoms with Gasteiger partial charge >= 0.3 is 5.69 Å². The lowest BCUT2D eigenvalue weighted by atomic mass is 10.1. The monoisotopic (exact) mass is 313 g/mol. The molecular formula is C16H19N5O2. The number of fused-ring (bicyclic) bond motifs is 1. The molecule has 0 radical (unpaired) electrons. The zero-order valence-corrected chi connectivity index (χ0v) is 13.6. The van der Waals surface area contributed by atoms with Gasteiger partial charge in [0, 0.05) is 14.1 Å². The predicted octanol–water partition coefficient (Wildman–Crippen LogP) is 0.681. The van der Waals surface area contributed by atoms with Crippen LogP contribution < -0.4 is 17.0 Å². The summed E-state index contributed by atoms with van der Waals surface area (Å²) in [5.41, 5.74) is 9.16. The Morgan fingerprint density at radius 3 is 2.52 bits per heavy atom. The predicted molar refractivity (Wildman–Crippen MR) is 89.6 cm³/mol. The average molecular weight is 313 g/mol. The quantitative estimate of drug-likeness (QED) is 0.753. The summed E-state index contributed by atoms with van der Waals surface area (Å²) < 4.78 is 4.08. The first kappa shape index (κ1) is 15.1. The summed E-state index contributed by atoms with van der Waals surface area (Å²) >= 11 is 0. The van der Waals surface area contributed by atoms with Gasteiger partial charge in [-0.05, 0) is 25.0 Å². The largest absolute Gasteiger partial charge is 0.369 e. The Labute approximate surface area is 132 Å². The Hall–Kier alpha value is -2.83. The molecule has 0 saturated heterocycles. The molecule has 0 aliphatic carbocycles. The van der Waals surface area contributed by atoms with Gasteiger partial charge in [0.05, 0.1) is 6.54 Å².